The molecule has 1 fully saturated rings. The molecule has 1 unspecified atom stereocenters. The van der Waals surface area contributed by atoms with Crippen LogP contribution in [0, 0.1) is 0 Å². The summed E-state index contributed by atoms with van der Waals surface area (Å²) in [7, 11) is 0. The highest BCUT2D eigenvalue weighted by Crippen LogP contribution is 2.37. The number of hydrogen-bond acceptors (Lipinski definition) is 4. The summed E-state index contributed by atoms with van der Waals surface area (Å²) < 4.78 is 0.135. The Labute approximate surface area is 129 Å². The van der Waals surface area contributed by atoms with E-state index in [-0.39, 0.29) is 22.3 Å². The molecule has 4 nitrogen and oxygen atoms in total. The van der Waals surface area contributed by atoms with E-state index in [1.54, 1.807) is 0 Å². The second kappa shape index (κ2) is 6.31. The lowest BCUT2D eigenvalue weighted by Crippen LogP contribution is -2.37. The lowest BCUT2D eigenvalue weighted by molar-refractivity contribution is 0.0944. The normalized spacial score (nSPS) is 22.2. The molecule has 0 aromatic carbocycles. The third kappa shape index (κ3) is 3.64. The number of rotatable bonds is 4. The van der Waals surface area contributed by atoms with Crippen LogP contribution in [0.25, 0.3) is 0 Å². The molecule has 6 heteroatoms. The molecule has 1 amide bonds. The average Bonchev–Trinajstić information content (AvgIpc) is 2.84. The zero-order chi connectivity index (χ0) is 14.8. The Morgan fingerprint density at radius 1 is 1.60 bits per heavy atom. The Morgan fingerprint density at radius 2 is 2.35 bits per heavy atom. The van der Waals surface area contributed by atoms with Gasteiger partial charge in [0.25, 0.3) is 5.91 Å². The standard InChI is InChI=1S/C14H20ClN3OS/c1-9(2)12-16-7-10(15)11(18-12)13(19)17-8-14(3)5-4-6-20-14/h7,9H,4-6,8H2,1-3H3,(H,17,19). The summed E-state index contributed by atoms with van der Waals surface area (Å²) in [6, 6.07) is 0. The number of amides is 1. The van der Waals surface area contributed by atoms with Crippen molar-refractivity contribution in [2.45, 2.75) is 44.3 Å². The number of carbonyl (C=O) groups excluding carboxylic acids is 1. The van der Waals surface area contributed by atoms with Gasteiger partial charge in [-0.25, -0.2) is 9.97 Å². The molecule has 0 aliphatic carbocycles. The maximum atomic E-state index is 12.2. The monoisotopic (exact) mass is 313 g/mol. The van der Waals surface area contributed by atoms with Crippen LogP contribution in [0.4, 0.5) is 0 Å². The number of nitrogens with one attached hydrogen (secondary N) is 1. The summed E-state index contributed by atoms with van der Waals surface area (Å²) in [5.41, 5.74) is 0.275. The third-order valence-electron chi connectivity index (χ3n) is 3.42. The molecule has 20 heavy (non-hydrogen) atoms. The molecule has 1 aliphatic rings. The van der Waals surface area contributed by atoms with E-state index in [0.717, 1.165) is 12.2 Å². The van der Waals surface area contributed by atoms with Crippen molar-refractivity contribution >= 4 is 29.3 Å². The highest BCUT2D eigenvalue weighted by atomic mass is 35.5. The van der Waals surface area contributed by atoms with E-state index in [9.17, 15) is 4.79 Å². The zero-order valence-corrected chi connectivity index (χ0v) is 13.6. The van der Waals surface area contributed by atoms with Crippen LogP contribution < -0.4 is 5.32 Å². The second-order valence-corrected chi connectivity index (χ2v) is 7.75. The smallest absolute Gasteiger partial charge is 0.271 e. The molecule has 2 rings (SSSR count). The van der Waals surface area contributed by atoms with Gasteiger partial charge in [0.2, 0.25) is 0 Å². The SMILES string of the molecule is CC(C)c1ncc(Cl)c(C(=O)NCC2(C)CCCS2)n1. The lowest BCUT2D eigenvalue weighted by atomic mass is 10.1. The van der Waals surface area contributed by atoms with E-state index in [1.165, 1.54) is 12.6 Å². The van der Waals surface area contributed by atoms with Gasteiger partial charge in [-0.05, 0) is 25.5 Å². The van der Waals surface area contributed by atoms with Gasteiger partial charge in [-0.2, -0.15) is 11.8 Å². The maximum Gasteiger partial charge on any atom is 0.271 e. The topological polar surface area (TPSA) is 54.9 Å². The molecule has 2 heterocycles. The summed E-state index contributed by atoms with van der Waals surface area (Å²) in [5, 5.41) is 3.26. The quantitative estimate of drug-likeness (QED) is 0.927. The molecular formula is C14H20ClN3OS. The minimum absolute atomic E-state index is 0.135. The molecule has 1 aromatic heterocycles. The van der Waals surface area contributed by atoms with Crippen LogP contribution in [0.5, 0.6) is 0 Å². The predicted octanol–water partition coefficient (Wildman–Crippen LogP) is 3.27. The molecule has 1 atom stereocenters. The Kier molecular flexibility index (Phi) is 4.91. The Morgan fingerprint density at radius 3 is 2.95 bits per heavy atom. The minimum atomic E-state index is -0.215. The Bertz CT molecular complexity index is 501. The number of thioether (sulfide) groups is 1. The molecule has 0 bridgehead atoms. The van der Waals surface area contributed by atoms with Crippen LogP contribution in [0.1, 0.15) is 55.8 Å². The van der Waals surface area contributed by atoms with Gasteiger partial charge >= 0.3 is 0 Å². The second-order valence-electron chi connectivity index (χ2n) is 5.66. The van der Waals surface area contributed by atoms with Gasteiger partial charge in [0.05, 0.1) is 11.2 Å². The summed E-state index contributed by atoms with van der Waals surface area (Å²) in [4.78, 5) is 20.7. The molecule has 0 radical (unpaired) electrons. The number of hydrogen-bond donors (Lipinski definition) is 1. The number of halogens is 1. The van der Waals surface area contributed by atoms with Gasteiger partial charge in [-0.15, -0.1) is 0 Å². The Balaban J connectivity index is 2.06. The van der Waals surface area contributed by atoms with Gasteiger partial charge in [0, 0.05) is 17.2 Å². The highest BCUT2D eigenvalue weighted by Gasteiger charge is 2.30. The van der Waals surface area contributed by atoms with Gasteiger partial charge < -0.3 is 5.32 Å². The highest BCUT2D eigenvalue weighted by molar-refractivity contribution is 8.00. The largest absolute Gasteiger partial charge is 0.349 e. The molecular weight excluding hydrogens is 294 g/mol. The van der Waals surface area contributed by atoms with E-state index >= 15 is 0 Å². The number of nitrogens with zero attached hydrogens (tertiary/aromatic N) is 2. The summed E-state index contributed by atoms with van der Waals surface area (Å²) in [6.45, 7) is 6.81. The zero-order valence-electron chi connectivity index (χ0n) is 12.1. The summed E-state index contributed by atoms with van der Waals surface area (Å²) in [5.74, 6) is 1.76. The van der Waals surface area contributed by atoms with Crippen molar-refractivity contribution in [1.82, 2.24) is 15.3 Å². The van der Waals surface area contributed by atoms with Crippen LogP contribution in [0.2, 0.25) is 5.02 Å². The minimum Gasteiger partial charge on any atom is -0.349 e. The first kappa shape index (κ1) is 15.6. The molecule has 1 N–H and O–H groups in total. The first-order valence-electron chi connectivity index (χ1n) is 6.86. The van der Waals surface area contributed by atoms with Gasteiger partial charge in [-0.3, -0.25) is 4.79 Å². The van der Waals surface area contributed by atoms with Crippen molar-refractivity contribution in [3.8, 4) is 0 Å². The van der Waals surface area contributed by atoms with Crippen LogP contribution >= 0.6 is 23.4 Å². The van der Waals surface area contributed by atoms with Crippen molar-refractivity contribution in [2.24, 2.45) is 0 Å². The van der Waals surface area contributed by atoms with Crippen LogP contribution in [-0.2, 0) is 0 Å². The van der Waals surface area contributed by atoms with Crippen LogP contribution in [0.3, 0.4) is 0 Å². The fourth-order valence-electron chi connectivity index (χ4n) is 2.15. The fourth-order valence-corrected chi connectivity index (χ4v) is 3.57. The van der Waals surface area contributed by atoms with Crippen molar-refractivity contribution in [3.05, 3.63) is 22.7 Å². The average molecular weight is 314 g/mol. The van der Waals surface area contributed by atoms with Gasteiger partial charge in [0.1, 0.15) is 11.5 Å². The third-order valence-corrected chi connectivity index (χ3v) is 5.23. The fraction of sp³-hybridized carbons (Fsp3) is 0.643. The number of carbonyl (C=O) groups is 1. The summed E-state index contributed by atoms with van der Waals surface area (Å²) >= 11 is 7.95. The van der Waals surface area contributed by atoms with Crippen molar-refractivity contribution in [1.29, 1.82) is 0 Å². The molecule has 1 saturated heterocycles. The molecule has 0 spiro atoms. The van der Waals surface area contributed by atoms with E-state index in [4.69, 9.17) is 11.6 Å². The number of aromatic nitrogens is 2. The first-order chi connectivity index (χ1) is 9.41. The van der Waals surface area contributed by atoms with E-state index in [1.807, 2.05) is 25.6 Å². The summed E-state index contributed by atoms with van der Waals surface area (Å²) in [6.07, 6.45) is 3.85. The molecule has 0 saturated carbocycles. The van der Waals surface area contributed by atoms with Crippen LogP contribution in [-0.4, -0.2) is 32.9 Å². The van der Waals surface area contributed by atoms with Gasteiger partial charge in [0.15, 0.2) is 0 Å². The molecule has 1 aromatic rings. The van der Waals surface area contributed by atoms with Crippen LogP contribution in [0.15, 0.2) is 6.20 Å². The molecule has 110 valence electrons. The Hall–Kier alpha value is -0.810. The molecule has 1 aliphatic heterocycles. The lowest BCUT2D eigenvalue weighted by Gasteiger charge is -2.22. The van der Waals surface area contributed by atoms with Crippen molar-refractivity contribution in [2.75, 3.05) is 12.3 Å². The van der Waals surface area contributed by atoms with Crippen molar-refractivity contribution in [3.63, 3.8) is 0 Å². The van der Waals surface area contributed by atoms with E-state index < -0.39 is 0 Å². The van der Waals surface area contributed by atoms with E-state index in [2.05, 4.69) is 22.2 Å². The van der Waals surface area contributed by atoms with Gasteiger partial charge in [-0.1, -0.05) is 25.4 Å². The first-order valence-corrected chi connectivity index (χ1v) is 8.22. The predicted molar refractivity (Wildman–Crippen MR) is 83.6 cm³/mol. The van der Waals surface area contributed by atoms with Crippen molar-refractivity contribution < 1.29 is 4.79 Å². The van der Waals surface area contributed by atoms with E-state index in [0.29, 0.717) is 17.4 Å². The maximum absolute atomic E-state index is 12.2.